The lowest BCUT2D eigenvalue weighted by atomic mass is 10.2. The highest BCUT2D eigenvalue weighted by molar-refractivity contribution is 7.80. The van der Waals surface area contributed by atoms with Crippen LogP contribution in [-0.2, 0) is 14.3 Å². The maximum Gasteiger partial charge on any atom is 0.338 e. The molecule has 3 amide bonds. The number of benzene rings is 1. The van der Waals surface area contributed by atoms with Crippen molar-refractivity contribution in [2.45, 2.75) is 45.0 Å². The number of anilines is 1. The molecule has 2 saturated heterocycles. The van der Waals surface area contributed by atoms with E-state index in [0.29, 0.717) is 20.8 Å². The van der Waals surface area contributed by atoms with E-state index in [4.69, 9.17) is 26.4 Å². The number of rotatable bonds is 6. The van der Waals surface area contributed by atoms with Gasteiger partial charge in [0.15, 0.2) is 17.7 Å². The molecule has 0 aliphatic carbocycles. The molecular weight excluding hydrogens is 547 g/mol. The van der Waals surface area contributed by atoms with Gasteiger partial charge in [-0.25, -0.2) is 14.0 Å². The number of likely N-dealkylation sites (tertiary alicyclic amines) is 1. The first-order valence-electron chi connectivity index (χ1n) is 12.2. The molecule has 0 spiro atoms. The SMILES string of the molecule is CC1(C)OC(=O)C(CC(=S)NC(=O)Nc2ccc(Oc3ccnc4cc(C(=O)N5CCCC5)sc34)c(F)c2)O1. The van der Waals surface area contributed by atoms with Crippen LogP contribution in [0, 0.1) is 5.82 Å². The number of pyridine rings is 1. The van der Waals surface area contributed by atoms with Crippen molar-refractivity contribution >= 4 is 62.4 Å². The molecule has 2 N–H and O–H groups in total. The Kier molecular flexibility index (Phi) is 7.47. The van der Waals surface area contributed by atoms with Crippen LogP contribution in [0.1, 0.15) is 42.8 Å². The molecule has 2 fully saturated rings. The van der Waals surface area contributed by atoms with Gasteiger partial charge >= 0.3 is 12.0 Å². The predicted octanol–water partition coefficient (Wildman–Crippen LogP) is 4.98. The highest BCUT2D eigenvalue weighted by Crippen LogP contribution is 2.37. The van der Waals surface area contributed by atoms with E-state index in [1.807, 2.05) is 4.90 Å². The average molecular weight is 573 g/mol. The molecule has 2 aliphatic rings. The Balaban J connectivity index is 1.21. The molecule has 1 atom stereocenters. The first kappa shape index (κ1) is 26.9. The third kappa shape index (κ3) is 6.15. The maximum atomic E-state index is 14.9. The van der Waals surface area contributed by atoms with Gasteiger partial charge < -0.3 is 29.7 Å². The van der Waals surface area contributed by atoms with Crippen molar-refractivity contribution in [3.63, 3.8) is 0 Å². The summed E-state index contributed by atoms with van der Waals surface area (Å²) >= 11 is 6.39. The first-order chi connectivity index (χ1) is 18.6. The zero-order valence-corrected chi connectivity index (χ0v) is 22.7. The second-order valence-corrected chi connectivity index (χ2v) is 11.1. The van der Waals surface area contributed by atoms with Crippen LogP contribution in [0.2, 0.25) is 0 Å². The van der Waals surface area contributed by atoms with Gasteiger partial charge in [-0.1, -0.05) is 12.2 Å². The lowest BCUT2D eigenvalue weighted by molar-refractivity contribution is -0.160. The van der Waals surface area contributed by atoms with E-state index in [0.717, 1.165) is 32.0 Å². The number of aromatic nitrogens is 1. The van der Waals surface area contributed by atoms with Gasteiger partial charge in [-0.2, -0.15) is 0 Å². The van der Waals surface area contributed by atoms with E-state index in [2.05, 4.69) is 15.6 Å². The highest BCUT2D eigenvalue weighted by Gasteiger charge is 2.41. The van der Waals surface area contributed by atoms with Gasteiger partial charge in [-0.05, 0) is 31.0 Å². The average Bonchev–Trinajstić information content (AvgIpc) is 3.59. The second-order valence-electron chi connectivity index (χ2n) is 9.51. The summed E-state index contributed by atoms with van der Waals surface area (Å²) in [6.07, 6.45) is 2.56. The van der Waals surface area contributed by atoms with Crippen LogP contribution in [0.3, 0.4) is 0 Å². The molecule has 1 aromatic carbocycles. The number of urea groups is 1. The minimum absolute atomic E-state index is 0.0411. The van der Waals surface area contributed by atoms with Crippen molar-refractivity contribution in [3.05, 3.63) is 47.2 Å². The van der Waals surface area contributed by atoms with Gasteiger partial charge in [-0.15, -0.1) is 11.3 Å². The summed E-state index contributed by atoms with van der Waals surface area (Å²) in [5, 5.41) is 4.92. The summed E-state index contributed by atoms with van der Waals surface area (Å²) in [7, 11) is 0. The van der Waals surface area contributed by atoms with Crippen LogP contribution < -0.4 is 15.4 Å². The smallest absolute Gasteiger partial charge is 0.338 e. The number of fused-ring (bicyclic) bond motifs is 1. The molecule has 204 valence electrons. The van der Waals surface area contributed by atoms with Crippen LogP contribution in [0.25, 0.3) is 10.2 Å². The van der Waals surface area contributed by atoms with Crippen molar-refractivity contribution in [1.29, 1.82) is 0 Å². The molecule has 1 unspecified atom stereocenters. The zero-order valence-electron chi connectivity index (χ0n) is 21.1. The molecule has 13 heteroatoms. The number of thiocarbonyl (C=S) groups is 1. The summed E-state index contributed by atoms with van der Waals surface area (Å²) < 4.78 is 31.9. The minimum Gasteiger partial charge on any atom is -0.453 e. The number of carbonyl (C=O) groups excluding carboxylic acids is 3. The monoisotopic (exact) mass is 572 g/mol. The van der Waals surface area contributed by atoms with Crippen molar-refractivity contribution in [2.75, 3.05) is 18.4 Å². The van der Waals surface area contributed by atoms with Crippen molar-refractivity contribution in [1.82, 2.24) is 15.2 Å². The van der Waals surface area contributed by atoms with Gasteiger partial charge in [0.05, 0.1) is 20.1 Å². The fourth-order valence-electron chi connectivity index (χ4n) is 4.31. The minimum atomic E-state index is -1.06. The molecule has 3 aromatic rings. The molecule has 5 rings (SSSR count). The number of carbonyl (C=O) groups is 3. The summed E-state index contributed by atoms with van der Waals surface area (Å²) in [5.41, 5.74) is 0.749. The fourth-order valence-corrected chi connectivity index (χ4v) is 5.59. The lowest BCUT2D eigenvalue weighted by Crippen LogP contribution is -2.36. The fraction of sp³-hybridized carbons (Fsp3) is 0.346. The number of hydrogen-bond donors (Lipinski definition) is 2. The Hall–Kier alpha value is -3.68. The normalized spacial score (nSPS) is 18.2. The number of thiophene rings is 1. The Morgan fingerprint density at radius 2 is 2.00 bits per heavy atom. The summed E-state index contributed by atoms with van der Waals surface area (Å²) in [6, 6.07) is 6.58. The lowest BCUT2D eigenvalue weighted by Gasteiger charge is -2.15. The number of nitrogens with one attached hydrogen (secondary N) is 2. The number of hydrogen-bond acceptors (Lipinski definition) is 9. The van der Waals surface area contributed by atoms with Gasteiger partial charge in [0, 0.05) is 57.4 Å². The topological polar surface area (TPSA) is 119 Å². The van der Waals surface area contributed by atoms with E-state index in [1.54, 1.807) is 26.0 Å². The number of amides is 3. The molecule has 0 bridgehead atoms. The van der Waals surface area contributed by atoms with Gasteiger partial charge in [0.25, 0.3) is 5.91 Å². The predicted molar refractivity (Wildman–Crippen MR) is 146 cm³/mol. The summed E-state index contributed by atoms with van der Waals surface area (Å²) in [6.45, 7) is 4.67. The summed E-state index contributed by atoms with van der Waals surface area (Å²) in [5.74, 6) is -2.08. The molecule has 10 nitrogen and oxygen atoms in total. The van der Waals surface area contributed by atoms with E-state index in [-0.39, 0.29) is 28.8 Å². The van der Waals surface area contributed by atoms with Crippen LogP contribution >= 0.6 is 23.6 Å². The van der Waals surface area contributed by atoms with Gasteiger partial charge in [0.2, 0.25) is 5.79 Å². The van der Waals surface area contributed by atoms with Crippen LogP contribution in [-0.4, -0.2) is 57.8 Å². The third-order valence-electron chi connectivity index (χ3n) is 6.05. The van der Waals surface area contributed by atoms with E-state index < -0.39 is 29.7 Å². The van der Waals surface area contributed by atoms with Crippen LogP contribution in [0.15, 0.2) is 36.5 Å². The maximum absolute atomic E-state index is 14.9. The second kappa shape index (κ2) is 10.8. The molecular formula is C26H25FN4O6S2. The Labute approximate surface area is 232 Å². The first-order valence-corrected chi connectivity index (χ1v) is 13.5. The molecule has 0 radical (unpaired) electrons. The molecule has 2 aliphatic heterocycles. The summed E-state index contributed by atoms with van der Waals surface area (Å²) in [4.78, 5) is 43.7. The zero-order chi connectivity index (χ0) is 27.7. The largest absolute Gasteiger partial charge is 0.453 e. The third-order valence-corrected chi connectivity index (χ3v) is 7.44. The molecule has 39 heavy (non-hydrogen) atoms. The molecule has 4 heterocycles. The van der Waals surface area contributed by atoms with Gasteiger partial charge in [-0.3, -0.25) is 9.78 Å². The highest BCUT2D eigenvalue weighted by atomic mass is 32.1. The molecule has 2 aromatic heterocycles. The molecule has 0 saturated carbocycles. The van der Waals surface area contributed by atoms with Crippen molar-refractivity contribution in [3.8, 4) is 11.5 Å². The number of esters is 1. The Morgan fingerprint density at radius 3 is 2.69 bits per heavy atom. The quantitative estimate of drug-likeness (QED) is 0.314. The Bertz CT molecular complexity index is 1470. The van der Waals surface area contributed by atoms with Gasteiger partial charge in [0.1, 0.15) is 5.75 Å². The van der Waals surface area contributed by atoms with Crippen molar-refractivity contribution < 1.29 is 33.0 Å². The van der Waals surface area contributed by atoms with E-state index >= 15 is 0 Å². The number of cyclic esters (lactones) is 1. The van der Waals surface area contributed by atoms with Crippen LogP contribution in [0.4, 0.5) is 14.9 Å². The number of ether oxygens (including phenoxy) is 3. The number of halogens is 1. The van der Waals surface area contributed by atoms with E-state index in [9.17, 15) is 18.8 Å². The van der Waals surface area contributed by atoms with E-state index in [1.165, 1.54) is 29.7 Å². The van der Waals surface area contributed by atoms with Crippen molar-refractivity contribution in [2.24, 2.45) is 0 Å². The number of nitrogens with zero attached hydrogens (tertiary/aromatic N) is 2. The Morgan fingerprint density at radius 1 is 1.23 bits per heavy atom. The standard InChI is InChI=1S/C26H25FN4O6S2/c1-26(2)36-19(24(33)37-26)13-21(38)30-25(34)29-14-5-6-17(15(27)11-14)35-18-7-8-28-16-12-20(39-22(16)18)23(32)31-9-3-4-10-31/h5-8,11-12,19H,3-4,9-10,13H2,1-2H3,(H2,29,30,34,38). The van der Waals surface area contributed by atoms with Crippen LogP contribution in [0.5, 0.6) is 11.5 Å².